The van der Waals surface area contributed by atoms with E-state index in [9.17, 15) is 0 Å². The van der Waals surface area contributed by atoms with E-state index in [4.69, 9.17) is 0 Å². The van der Waals surface area contributed by atoms with Gasteiger partial charge in [0.15, 0.2) is 0 Å². The van der Waals surface area contributed by atoms with E-state index in [1.165, 1.54) is 57.8 Å². The minimum atomic E-state index is 1.25. The summed E-state index contributed by atoms with van der Waals surface area (Å²) in [5.41, 5.74) is 0. The lowest BCUT2D eigenvalue weighted by molar-refractivity contribution is 0.504. The first-order valence-electron chi connectivity index (χ1n) is 7.41. The molecule has 2 rings (SSSR count). The molecule has 0 aromatic heterocycles. The molecule has 0 amide bonds. The topological polar surface area (TPSA) is 0 Å². The van der Waals surface area contributed by atoms with Crippen molar-refractivity contribution in [2.75, 3.05) is 0 Å². The highest BCUT2D eigenvalue weighted by molar-refractivity contribution is 4.51. The Balaban J connectivity index is -0.000000126. The average Bonchev–Trinajstić information content (AvgIpc) is 2.06. The molecule has 0 aromatic rings. The van der Waals surface area contributed by atoms with Crippen molar-refractivity contribution in [2.24, 2.45) is 0 Å². The Morgan fingerprint density at radius 3 is 0.533 bits per heavy atom. The van der Waals surface area contributed by atoms with E-state index in [0.717, 1.165) is 0 Å². The van der Waals surface area contributed by atoms with Crippen LogP contribution in [0.5, 0.6) is 0 Å². The van der Waals surface area contributed by atoms with Gasteiger partial charge in [0.2, 0.25) is 0 Å². The Bertz CT molecular complexity index is 33.1. The van der Waals surface area contributed by atoms with Crippen LogP contribution in [-0.4, -0.2) is 0 Å². The molecule has 2 aliphatic carbocycles. The van der Waals surface area contributed by atoms with Gasteiger partial charge in [-0.2, -0.15) is 0 Å². The smallest absolute Gasteiger partial charge is 0.0533 e. The van der Waals surface area contributed by atoms with Crippen LogP contribution >= 0.6 is 0 Å². The predicted molar refractivity (Wildman–Crippen MR) is 75.6 cm³/mol. The van der Waals surface area contributed by atoms with E-state index in [0.29, 0.717) is 0 Å². The Kier molecular flexibility index (Phi) is 39.8. The molecule has 0 unspecified atom stereocenters. The van der Waals surface area contributed by atoms with Crippen LogP contribution in [0.25, 0.3) is 0 Å². The van der Waals surface area contributed by atoms with E-state index >= 15 is 0 Å². The first kappa shape index (κ1) is 20.4. The van der Waals surface area contributed by atoms with Crippen LogP contribution < -0.4 is 0 Å². The summed E-state index contributed by atoms with van der Waals surface area (Å²) in [5.74, 6) is 0. The third-order valence-electron chi connectivity index (χ3n) is 2.00. The van der Waals surface area contributed by atoms with Crippen LogP contribution in [-0.2, 0) is 0 Å². The number of hydrogen-bond donors (Lipinski definition) is 0. The van der Waals surface area contributed by atoms with Gasteiger partial charge in [-0.25, -0.2) is 0 Å². The van der Waals surface area contributed by atoms with Crippen LogP contribution in [0.15, 0.2) is 0 Å². The molecule has 0 spiro atoms. The fourth-order valence-corrected chi connectivity index (χ4v) is 0.500. The molecule has 96 valence electrons. The van der Waals surface area contributed by atoms with Crippen molar-refractivity contribution in [1.82, 2.24) is 0 Å². The average molecular weight is 216 g/mol. The fourth-order valence-electron chi connectivity index (χ4n) is 0.500. The molecule has 0 heterocycles. The van der Waals surface area contributed by atoms with Gasteiger partial charge in [-0.3, -0.25) is 0 Å². The highest BCUT2D eigenvalue weighted by Crippen LogP contribution is 2.15. The maximum atomic E-state index is 2.12. The maximum absolute atomic E-state index is 2.12. The van der Waals surface area contributed by atoms with Crippen molar-refractivity contribution in [3.63, 3.8) is 0 Å². The lowest BCUT2D eigenvalue weighted by Gasteiger charge is -2.05. The minimum absolute atomic E-state index is 1.25. The summed E-state index contributed by atoms with van der Waals surface area (Å²) in [6, 6.07) is 0. The Morgan fingerprint density at radius 1 is 0.467 bits per heavy atom. The maximum Gasteiger partial charge on any atom is -0.0533 e. The van der Waals surface area contributed by atoms with Crippen molar-refractivity contribution in [1.29, 1.82) is 0 Å². The van der Waals surface area contributed by atoms with Gasteiger partial charge in [-0.15, -0.1) is 0 Å². The zero-order chi connectivity index (χ0) is 12.4. The molecule has 0 aromatic carbocycles. The first-order chi connectivity index (χ1) is 7.41. The zero-order valence-corrected chi connectivity index (χ0v) is 12.4. The first-order valence-corrected chi connectivity index (χ1v) is 7.41. The molecule has 0 nitrogen and oxygen atoms in total. The van der Waals surface area contributed by atoms with Crippen molar-refractivity contribution < 1.29 is 0 Å². The standard InChI is InChI=1S/2C4H8.C3H8.2C2H6/c2*1-2-4-3-1;1-3-2;2*1-2/h2*1-4H2;3H2,1-2H3;2*1-2H3. The second-order valence-corrected chi connectivity index (χ2v) is 3.54. The normalized spacial score (nSPS) is 14.8. The van der Waals surface area contributed by atoms with Crippen LogP contribution in [0.2, 0.25) is 0 Å². The summed E-state index contributed by atoms with van der Waals surface area (Å²) >= 11 is 0. The SMILES string of the molecule is C1CCC1.C1CCC1.CC.CC.CCC. The number of hydrogen-bond acceptors (Lipinski definition) is 0. The summed E-state index contributed by atoms with van der Waals surface area (Å²) in [6.07, 6.45) is 13.2. The Labute approximate surface area is 99.9 Å². The van der Waals surface area contributed by atoms with Gasteiger partial charge in [0, 0.05) is 0 Å². The molecule has 0 atom stereocenters. The summed E-state index contributed by atoms with van der Waals surface area (Å²) in [4.78, 5) is 0. The van der Waals surface area contributed by atoms with Gasteiger partial charge in [-0.1, -0.05) is 99.3 Å². The van der Waals surface area contributed by atoms with Crippen LogP contribution in [0.1, 0.15) is 99.3 Å². The second-order valence-electron chi connectivity index (χ2n) is 3.54. The van der Waals surface area contributed by atoms with E-state index < -0.39 is 0 Å². The minimum Gasteiger partial charge on any atom is -0.0683 e. The zero-order valence-electron chi connectivity index (χ0n) is 12.4. The van der Waals surface area contributed by atoms with Gasteiger partial charge in [-0.05, 0) is 0 Å². The van der Waals surface area contributed by atoms with Gasteiger partial charge in [0.1, 0.15) is 0 Å². The van der Waals surface area contributed by atoms with Gasteiger partial charge in [0.05, 0.1) is 0 Å². The lowest BCUT2D eigenvalue weighted by atomic mass is 10.0. The van der Waals surface area contributed by atoms with Gasteiger partial charge >= 0.3 is 0 Å². The molecular formula is C15H36. The quantitative estimate of drug-likeness (QED) is 0.428. The lowest BCUT2D eigenvalue weighted by Crippen LogP contribution is -1.85. The molecule has 2 fully saturated rings. The van der Waals surface area contributed by atoms with Gasteiger partial charge in [0.25, 0.3) is 0 Å². The molecule has 2 saturated carbocycles. The second kappa shape index (κ2) is 29.2. The summed E-state index contributed by atoms with van der Waals surface area (Å²) in [6.45, 7) is 12.2. The monoisotopic (exact) mass is 216 g/mol. The van der Waals surface area contributed by atoms with Crippen LogP contribution in [0.3, 0.4) is 0 Å². The third-order valence-corrected chi connectivity index (χ3v) is 2.00. The molecule has 0 aliphatic heterocycles. The molecule has 0 saturated heterocycles. The largest absolute Gasteiger partial charge is 0.0683 e. The van der Waals surface area contributed by atoms with Crippen LogP contribution in [0.4, 0.5) is 0 Å². The van der Waals surface area contributed by atoms with E-state index in [1.807, 2.05) is 27.7 Å². The van der Waals surface area contributed by atoms with E-state index in [-0.39, 0.29) is 0 Å². The van der Waals surface area contributed by atoms with Crippen molar-refractivity contribution in [2.45, 2.75) is 99.3 Å². The summed E-state index contributed by atoms with van der Waals surface area (Å²) in [7, 11) is 0. The van der Waals surface area contributed by atoms with Crippen molar-refractivity contribution in [3.05, 3.63) is 0 Å². The Hall–Kier alpha value is 0. The van der Waals surface area contributed by atoms with E-state index in [1.54, 1.807) is 0 Å². The molecular weight excluding hydrogens is 180 g/mol. The van der Waals surface area contributed by atoms with Crippen LogP contribution in [0, 0.1) is 0 Å². The molecule has 0 bridgehead atoms. The summed E-state index contributed by atoms with van der Waals surface area (Å²) in [5, 5.41) is 0. The highest BCUT2D eigenvalue weighted by atomic mass is 14.0. The molecule has 15 heavy (non-hydrogen) atoms. The van der Waals surface area contributed by atoms with E-state index in [2.05, 4.69) is 13.8 Å². The molecule has 0 N–H and O–H groups in total. The van der Waals surface area contributed by atoms with Crippen molar-refractivity contribution in [3.8, 4) is 0 Å². The molecule has 0 radical (unpaired) electrons. The number of rotatable bonds is 0. The fraction of sp³-hybridized carbons (Fsp3) is 1.00. The predicted octanol–water partition coefficient (Wildman–Crippen LogP) is 6.59. The van der Waals surface area contributed by atoms with Crippen molar-refractivity contribution >= 4 is 0 Å². The highest BCUT2D eigenvalue weighted by Gasteiger charge is 1.95. The third kappa shape index (κ3) is 31.5. The molecule has 0 heteroatoms. The molecule has 2 aliphatic rings. The summed E-state index contributed by atoms with van der Waals surface area (Å²) < 4.78 is 0. The van der Waals surface area contributed by atoms with Gasteiger partial charge < -0.3 is 0 Å². The Morgan fingerprint density at radius 2 is 0.533 bits per heavy atom.